The van der Waals surface area contributed by atoms with E-state index in [9.17, 15) is 4.39 Å². The van der Waals surface area contributed by atoms with E-state index in [1.54, 1.807) is 12.1 Å². The highest BCUT2D eigenvalue weighted by Gasteiger charge is 2.20. The Morgan fingerprint density at radius 2 is 1.88 bits per heavy atom. The number of halogens is 1. The average Bonchev–Trinajstić information content (AvgIpc) is 2.33. The molecule has 1 aliphatic heterocycles. The van der Waals surface area contributed by atoms with E-state index >= 15 is 0 Å². The van der Waals surface area contributed by atoms with E-state index in [1.165, 1.54) is 12.1 Å². The molecule has 0 bridgehead atoms. The summed E-state index contributed by atoms with van der Waals surface area (Å²) in [5.74, 6) is 0.461. The summed E-state index contributed by atoms with van der Waals surface area (Å²) in [6, 6.07) is 6.95. The Bertz CT molecular complexity index is 319. The van der Waals surface area contributed by atoms with Crippen LogP contribution in [0.5, 0.6) is 0 Å². The zero-order valence-corrected chi connectivity index (χ0v) is 9.58. The van der Waals surface area contributed by atoms with Gasteiger partial charge in [0.25, 0.3) is 0 Å². The van der Waals surface area contributed by atoms with Crippen molar-refractivity contribution in [3.05, 3.63) is 30.1 Å². The molecule has 1 fully saturated rings. The average molecular weight is 223 g/mol. The van der Waals surface area contributed by atoms with Crippen molar-refractivity contribution >= 4 is 5.69 Å². The monoisotopic (exact) mass is 223 g/mol. The van der Waals surface area contributed by atoms with Gasteiger partial charge in [-0.25, -0.2) is 4.39 Å². The third-order valence-electron chi connectivity index (χ3n) is 3.21. The Kier molecular flexibility index (Phi) is 3.78. The van der Waals surface area contributed by atoms with Gasteiger partial charge in [-0.05, 0) is 49.9 Å². The zero-order valence-electron chi connectivity index (χ0n) is 9.58. The fourth-order valence-electron chi connectivity index (χ4n) is 2.14. The van der Waals surface area contributed by atoms with Gasteiger partial charge in [-0.2, -0.15) is 0 Å². The molecule has 0 amide bonds. The second-order valence-electron chi connectivity index (χ2n) is 4.39. The molecule has 88 valence electrons. The van der Waals surface area contributed by atoms with E-state index in [1.807, 2.05) is 0 Å². The molecule has 1 aliphatic rings. The fourth-order valence-corrected chi connectivity index (χ4v) is 2.14. The molecular formula is C13H18FNO. The molecule has 1 atom stereocenters. The van der Waals surface area contributed by atoms with Crippen molar-refractivity contribution in [2.45, 2.75) is 25.8 Å². The maximum absolute atomic E-state index is 12.7. The number of anilines is 1. The minimum absolute atomic E-state index is 0.190. The van der Waals surface area contributed by atoms with Crippen LogP contribution in [0, 0.1) is 11.7 Å². The van der Waals surface area contributed by atoms with Crippen LogP contribution in [0.2, 0.25) is 0 Å². The van der Waals surface area contributed by atoms with Crippen molar-refractivity contribution in [2.75, 3.05) is 18.5 Å². The number of hydrogen-bond donors (Lipinski definition) is 1. The van der Waals surface area contributed by atoms with Gasteiger partial charge in [0.2, 0.25) is 0 Å². The van der Waals surface area contributed by atoms with Gasteiger partial charge < -0.3 is 10.1 Å². The molecule has 0 aliphatic carbocycles. The second kappa shape index (κ2) is 5.30. The van der Waals surface area contributed by atoms with E-state index in [0.29, 0.717) is 12.0 Å². The van der Waals surface area contributed by atoms with Gasteiger partial charge in [0.05, 0.1) is 0 Å². The fraction of sp³-hybridized carbons (Fsp3) is 0.538. The van der Waals surface area contributed by atoms with Crippen LogP contribution in [0.15, 0.2) is 24.3 Å². The molecule has 0 spiro atoms. The summed E-state index contributed by atoms with van der Waals surface area (Å²) in [6.07, 6.45) is 2.21. The summed E-state index contributed by atoms with van der Waals surface area (Å²) in [4.78, 5) is 0. The normalized spacial score (nSPS) is 19.4. The number of ether oxygens (including phenoxy) is 1. The number of hydrogen-bond acceptors (Lipinski definition) is 2. The van der Waals surface area contributed by atoms with E-state index in [0.717, 1.165) is 31.7 Å². The summed E-state index contributed by atoms with van der Waals surface area (Å²) >= 11 is 0. The first kappa shape index (κ1) is 11.4. The first-order valence-electron chi connectivity index (χ1n) is 5.85. The van der Waals surface area contributed by atoms with Crippen molar-refractivity contribution < 1.29 is 9.13 Å². The van der Waals surface area contributed by atoms with Crippen molar-refractivity contribution in [3.8, 4) is 0 Å². The molecule has 16 heavy (non-hydrogen) atoms. The maximum atomic E-state index is 12.7. The lowest BCUT2D eigenvalue weighted by molar-refractivity contribution is 0.0622. The molecule has 0 radical (unpaired) electrons. The van der Waals surface area contributed by atoms with Crippen LogP contribution in [0.3, 0.4) is 0 Å². The predicted molar refractivity (Wildman–Crippen MR) is 63.0 cm³/mol. The molecule has 1 aromatic carbocycles. The van der Waals surface area contributed by atoms with Gasteiger partial charge in [0.1, 0.15) is 5.82 Å². The van der Waals surface area contributed by atoms with Crippen LogP contribution in [0.4, 0.5) is 10.1 Å². The van der Waals surface area contributed by atoms with Crippen molar-refractivity contribution in [2.24, 2.45) is 5.92 Å². The molecule has 2 nitrogen and oxygen atoms in total. The standard InChI is InChI=1S/C13H18FNO/c1-10(11-6-8-16-9-7-11)15-13-4-2-12(14)3-5-13/h2-5,10-11,15H,6-9H2,1H3. The molecule has 1 heterocycles. The first-order valence-corrected chi connectivity index (χ1v) is 5.85. The summed E-state index contributed by atoms with van der Waals surface area (Å²) in [5, 5.41) is 3.42. The van der Waals surface area contributed by atoms with Gasteiger partial charge in [-0.3, -0.25) is 0 Å². The molecule has 1 N–H and O–H groups in total. The Morgan fingerprint density at radius 3 is 2.50 bits per heavy atom. The number of nitrogens with one attached hydrogen (secondary N) is 1. The van der Waals surface area contributed by atoms with Gasteiger partial charge in [0, 0.05) is 24.9 Å². The molecular weight excluding hydrogens is 205 g/mol. The van der Waals surface area contributed by atoms with Crippen molar-refractivity contribution in [3.63, 3.8) is 0 Å². The lowest BCUT2D eigenvalue weighted by Crippen LogP contribution is -2.30. The highest BCUT2D eigenvalue weighted by atomic mass is 19.1. The minimum Gasteiger partial charge on any atom is -0.382 e. The third kappa shape index (κ3) is 2.95. The largest absolute Gasteiger partial charge is 0.382 e. The molecule has 1 saturated heterocycles. The molecule has 1 unspecified atom stereocenters. The lowest BCUT2D eigenvalue weighted by Gasteiger charge is -2.29. The summed E-state index contributed by atoms with van der Waals surface area (Å²) < 4.78 is 18.1. The third-order valence-corrected chi connectivity index (χ3v) is 3.21. The molecule has 3 heteroatoms. The van der Waals surface area contributed by atoms with Gasteiger partial charge >= 0.3 is 0 Å². The Labute approximate surface area is 95.8 Å². The van der Waals surface area contributed by atoms with E-state index in [4.69, 9.17) is 4.74 Å². The topological polar surface area (TPSA) is 21.3 Å². The van der Waals surface area contributed by atoms with Gasteiger partial charge in [0.15, 0.2) is 0 Å². The van der Waals surface area contributed by atoms with E-state index in [2.05, 4.69) is 12.2 Å². The molecule has 2 rings (SSSR count). The minimum atomic E-state index is -0.190. The van der Waals surface area contributed by atoms with Crippen LogP contribution in [-0.2, 0) is 4.74 Å². The molecule has 0 saturated carbocycles. The van der Waals surface area contributed by atoms with Crippen LogP contribution in [0.25, 0.3) is 0 Å². The van der Waals surface area contributed by atoms with Gasteiger partial charge in [-0.1, -0.05) is 0 Å². The van der Waals surface area contributed by atoms with E-state index in [-0.39, 0.29) is 5.82 Å². The van der Waals surface area contributed by atoms with Crippen LogP contribution >= 0.6 is 0 Å². The van der Waals surface area contributed by atoms with Crippen LogP contribution in [0.1, 0.15) is 19.8 Å². The number of rotatable bonds is 3. The highest BCUT2D eigenvalue weighted by Crippen LogP contribution is 2.21. The smallest absolute Gasteiger partial charge is 0.123 e. The molecule has 1 aromatic rings. The predicted octanol–water partition coefficient (Wildman–Crippen LogP) is 3.05. The van der Waals surface area contributed by atoms with Crippen LogP contribution < -0.4 is 5.32 Å². The summed E-state index contributed by atoms with van der Waals surface area (Å²) in [6.45, 7) is 3.90. The summed E-state index contributed by atoms with van der Waals surface area (Å²) in [5.41, 5.74) is 0.986. The lowest BCUT2D eigenvalue weighted by atomic mass is 9.93. The Balaban J connectivity index is 1.90. The SMILES string of the molecule is CC(Nc1ccc(F)cc1)C1CCOCC1. The van der Waals surface area contributed by atoms with E-state index < -0.39 is 0 Å². The Hall–Kier alpha value is -1.09. The van der Waals surface area contributed by atoms with Crippen molar-refractivity contribution in [1.82, 2.24) is 0 Å². The van der Waals surface area contributed by atoms with Crippen molar-refractivity contribution in [1.29, 1.82) is 0 Å². The van der Waals surface area contributed by atoms with Crippen LogP contribution in [-0.4, -0.2) is 19.3 Å². The van der Waals surface area contributed by atoms with Gasteiger partial charge in [-0.15, -0.1) is 0 Å². The zero-order chi connectivity index (χ0) is 11.4. The quantitative estimate of drug-likeness (QED) is 0.850. The highest BCUT2D eigenvalue weighted by molar-refractivity contribution is 5.43. The second-order valence-corrected chi connectivity index (χ2v) is 4.39. The summed E-state index contributed by atoms with van der Waals surface area (Å²) in [7, 11) is 0. The Morgan fingerprint density at radius 1 is 1.25 bits per heavy atom. The maximum Gasteiger partial charge on any atom is 0.123 e. The molecule has 0 aromatic heterocycles. The number of benzene rings is 1. The first-order chi connectivity index (χ1) is 7.75.